The summed E-state index contributed by atoms with van der Waals surface area (Å²) in [5.41, 5.74) is 3.35. The largest absolute Gasteiger partial charge is 0.505 e. The maximum Gasteiger partial charge on any atom is 0.328 e. The van der Waals surface area contributed by atoms with Crippen molar-refractivity contribution < 1.29 is 14.6 Å². The SMILES string of the molecule is CCc1sc2ncnc(NC(Cc3ccccc3)C(=O)OC)c2c1-c1cc(Cl)c(O)c(Cl)c1C. The topological polar surface area (TPSA) is 84.3 Å². The first-order chi connectivity index (χ1) is 16.3. The highest BCUT2D eigenvalue weighted by Gasteiger charge is 2.26. The summed E-state index contributed by atoms with van der Waals surface area (Å²) in [7, 11) is 1.37. The highest BCUT2D eigenvalue weighted by molar-refractivity contribution is 7.19. The lowest BCUT2D eigenvalue weighted by Gasteiger charge is -2.19. The Morgan fingerprint density at radius 3 is 2.65 bits per heavy atom. The van der Waals surface area contributed by atoms with E-state index in [1.807, 2.05) is 37.3 Å². The molecule has 0 amide bonds. The van der Waals surface area contributed by atoms with Gasteiger partial charge in [0.1, 0.15) is 23.0 Å². The molecule has 0 aliphatic rings. The van der Waals surface area contributed by atoms with Gasteiger partial charge in [0.05, 0.1) is 22.5 Å². The quantitative estimate of drug-likeness (QED) is 0.275. The van der Waals surface area contributed by atoms with Gasteiger partial charge in [-0.3, -0.25) is 0 Å². The van der Waals surface area contributed by atoms with E-state index in [0.29, 0.717) is 17.8 Å². The Kier molecular flexibility index (Phi) is 7.26. The van der Waals surface area contributed by atoms with Crippen LogP contribution in [0.15, 0.2) is 42.7 Å². The van der Waals surface area contributed by atoms with Gasteiger partial charge in [0.25, 0.3) is 0 Å². The monoisotopic (exact) mass is 515 g/mol. The second kappa shape index (κ2) is 10.2. The van der Waals surface area contributed by atoms with Crippen LogP contribution in [0.3, 0.4) is 0 Å². The molecule has 0 saturated heterocycles. The third-order valence-corrected chi connectivity index (χ3v) is 7.66. The molecule has 176 valence electrons. The Morgan fingerprint density at radius 2 is 1.97 bits per heavy atom. The van der Waals surface area contributed by atoms with E-state index in [0.717, 1.165) is 38.2 Å². The number of hydrogen-bond donors (Lipinski definition) is 2. The zero-order chi connectivity index (χ0) is 24.4. The van der Waals surface area contributed by atoms with Crippen molar-refractivity contribution in [2.24, 2.45) is 0 Å². The van der Waals surface area contributed by atoms with Gasteiger partial charge in [-0.25, -0.2) is 14.8 Å². The zero-order valence-electron chi connectivity index (χ0n) is 18.9. The van der Waals surface area contributed by atoms with Crippen LogP contribution in [0.5, 0.6) is 5.75 Å². The lowest BCUT2D eigenvalue weighted by atomic mass is 9.97. The molecule has 1 unspecified atom stereocenters. The number of phenols is 1. The van der Waals surface area contributed by atoms with Crippen molar-refractivity contribution in [3.8, 4) is 16.9 Å². The molecule has 2 aromatic heterocycles. The van der Waals surface area contributed by atoms with E-state index in [1.165, 1.54) is 13.4 Å². The minimum atomic E-state index is -0.656. The number of rotatable bonds is 7. The Morgan fingerprint density at radius 1 is 1.24 bits per heavy atom. The zero-order valence-corrected chi connectivity index (χ0v) is 21.2. The Labute approximate surface area is 211 Å². The lowest BCUT2D eigenvalue weighted by Crippen LogP contribution is -2.33. The van der Waals surface area contributed by atoms with Crippen LogP contribution in [-0.4, -0.2) is 34.2 Å². The van der Waals surface area contributed by atoms with Crippen molar-refractivity contribution in [3.63, 3.8) is 0 Å². The van der Waals surface area contributed by atoms with Gasteiger partial charge >= 0.3 is 5.97 Å². The summed E-state index contributed by atoms with van der Waals surface area (Å²) in [4.78, 5) is 23.5. The predicted octanol–water partition coefficient (Wildman–Crippen LogP) is 6.44. The molecule has 0 aliphatic heterocycles. The van der Waals surface area contributed by atoms with Crippen molar-refractivity contribution in [1.29, 1.82) is 0 Å². The number of phenolic OH excluding ortho intramolecular Hbond substituents is 1. The molecule has 4 aromatic rings. The number of carbonyl (C=O) groups is 1. The molecular formula is C25H23Cl2N3O3S. The van der Waals surface area contributed by atoms with Crippen LogP contribution in [0, 0.1) is 6.92 Å². The van der Waals surface area contributed by atoms with Crippen LogP contribution in [0.25, 0.3) is 21.3 Å². The molecule has 0 aliphatic carbocycles. The van der Waals surface area contributed by atoms with E-state index >= 15 is 0 Å². The van der Waals surface area contributed by atoms with Crippen LogP contribution < -0.4 is 5.32 Å². The van der Waals surface area contributed by atoms with E-state index in [2.05, 4.69) is 22.2 Å². The molecule has 4 rings (SSSR count). The summed E-state index contributed by atoms with van der Waals surface area (Å²) in [6.07, 6.45) is 2.65. The highest BCUT2D eigenvalue weighted by Crippen LogP contribution is 2.47. The van der Waals surface area contributed by atoms with Crippen LogP contribution in [0.1, 0.15) is 22.9 Å². The van der Waals surface area contributed by atoms with E-state index < -0.39 is 12.0 Å². The summed E-state index contributed by atoms with van der Waals surface area (Å²) < 4.78 is 5.07. The third kappa shape index (κ3) is 4.56. The number of halogens is 2. The number of aromatic nitrogens is 2. The molecule has 0 radical (unpaired) electrons. The first kappa shape index (κ1) is 24.3. The van der Waals surface area contributed by atoms with Gasteiger partial charge in [0.2, 0.25) is 0 Å². The molecule has 2 heterocycles. The molecule has 6 nitrogen and oxygen atoms in total. The molecule has 2 aromatic carbocycles. The molecule has 9 heteroatoms. The number of hydrogen-bond acceptors (Lipinski definition) is 7. The van der Waals surface area contributed by atoms with E-state index in [1.54, 1.807) is 17.4 Å². The average molecular weight is 516 g/mol. The van der Waals surface area contributed by atoms with Gasteiger partial charge in [-0.2, -0.15) is 0 Å². The average Bonchev–Trinajstić information content (AvgIpc) is 3.24. The summed E-state index contributed by atoms with van der Waals surface area (Å²) in [6, 6.07) is 10.8. The Hall–Kier alpha value is -2.87. The molecule has 2 N–H and O–H groups in total. The number of anilines is 1. The number of ether oxygens (including phenoxy) is 1. The molecule has 0 bridgehead atoms. The number of fused-ring (bicyclic) bond motifs is 1. The number of aryl methyl sites for hydroxylation is 1. The first-order valence-electron chi connectivity index (χ1n) is 10.7. The van der Waals surface area contributed by atoms with Crippen molar-refractivity contribution in [2.45, 2.75) is 32.7 Å². The maximum atomic E-state index is 12.7. The summed E-state index contributed by atoms with van der Waals surface area (Å²) in [5, 5.41) is 14.6. The van der Waals surface area contributed by atoms with Crippen LogP contribution in [0.2, 0.25) is 10.0 Å². The van der Waals surface area contributed by atoms with Crippen LogP contribution in [-0.2, 0) is 22.4 Å². The van der Waals surface area contributed by atoms with Crippen molar-refractivity contribution in [3.05, 3.63) is 68.8 Å². The predicted molar refractivity (Wildman–Crippen MR) is 138 cm³/mol. The van der Waals surface area contributed by atoms with Crippen molar-refractivity contribution >= 4 is 56.5 Å². The number of esters is 1. The fraction of sp³-hybridized carbons (Fsp3) is 0.240. The smallest absolute Gasteiger partial charge is 0.328 e. The van der Waals surface area contributed by atoms with E-state index in [9.17, 15) is 9.90 Å². The normalized spacial score (nSPS) is 12.0. The Balaban J connectivity index is 1.88. The number of carbonyl (C=O) groups excluding carboxylic acids is 1. The summed E-state index contributed by atoms with van der Waals surface area (Å²) in [6.45, 7) is 3.89. The molecular weight excluding hydrogens is 493 g/mol. The summed E-state index contributed by atoms with van der Waals surface area (Å²) in [5.74, 6) is -0.0256. The van der Waals surface area contributed by atoms with Crippen molar-refractivity contribution in [2.75, 3.05) is 12.4 Å². The number of nitrogens with zero attached hydrogens (tertiary/aromatic N) is 2. The fourth-order valence-corrected chi connectivity index (χ4v) is 5.48. The van der Waals surface area contributed by atoms with Gasteiger partial charge in [0.15, 0.2) is 5.75 Å². The van der Waals surface area contributed by atoms with Gasteiger partial charge in [-0.15, -0.1) is 11.3 Å². The van der Waals surface area contributed by atoms with Gasteiger partial charge in [-0.05, 0) is 36.1 Å². The standard InChI is InChI=1S/C25H23Cl2N3O3S/c1-4-18-19(15-11-16(26)22(31)21(27)13(15)2)20-23(28-12-29-24(20)34-18)30-17(25(32)33-3)10-14-8-6-5-7-9-14/h5-9,11-12,17,31H,4,10H2,1-3H3,(H,28,29,30). The number of nitrogens with one attached hydrogen (secondary N) is 1. The molecule has 1 atom stereocenters. The highest BCUT2D eigenvalue weighted by atomic mass is 35.5. The van der Waals surface area contributed by atoms with Crippen LogP contribution >= 0.6 is 34.5 Å². The number of aromatic hydroxyl groups is 1. The second-order valence-electron chi connectivity index (χ2n) is 7.76. The summed E-state index contributed by atoms with van der Waals surface area (Å²) >= 11 is 14.2. The minimum Gasteiger partial charge on any atom is -0.505 e. The maximum absolute atomic E-state index is 12.7. The van der Waals surface area contributed by atoms with Gasteiger partial charge < -0.3 is 15.2 Å². The third-order valence-electron chi connectivity index (χ3n) is 5.67. The van der Waals surface area contributed by atoms with Gasteiger partial charge in [0, 0.05) is 16.9 Å². The van der Waals surface area contributed by atoms with E-state index in [4.69, 9.17) is 27.9 Å². The minimum absolute atomic E-state index is 0.148. The number of thiophene rings is 1. The number of methoxy groups -OCH3 is 1. The van der Waals surface area contributed by atoms with Crippen LogP contribution in [0.4, 0.5) is 5.82 Å². The Bertz CT molecular complexity index is 1360. The van der Waals surface area contributed by atoms with Crippen molar-refractivity contribution in [1.82, 2.24) is 9.97 Å². The molecule has 34 heavy (non-hydrogen) atoms. The molecule has 0 saturated carbocycles. The van der Waals surface area contributed by atoms with E-state index in [-0.39, 0.29) is 15.8 Å². The first-order valence-corrected chi connectivity index (χ1v) is 12.3. The molecule has 0 fully saturated rings. The van der Waals surface area contributed by atoms with Gasteiger partial charge in [-0.1, -0.05) is 60.5 Å². The fourth-order valence-electron chi connectivity index (χ4n) is 3.94. The second-order valence-corrected chi connectivity index (χ2v) is 9.63. The molecule has 0 spiro atoms. The number of benzene rings is 2. The lowest BCUT2D eigenvalue weighted by molar-refractivity contribution is -0.141.